The molecule has 0 radical (unpaired) electrons. The van der Waals surface area contributed by atoms with Crippen molar-refractivity contribution in [1.29, 1.82) is 0 Å². The fourth-order valence-corrected chi connectivity index (χ4v) is 3.81. The summed E-state index contributed by atoms with van der Waals surface area (Å²) in [6.07, 6.45) is 4.91. The molecule has 0 saturated heterocycles. The van der Waals surface area contributed by atoms with Crippen LogP contribution in [-0.4, -0.2) is 40.4 Å². The van der Waals surface area contributed by atoms with Gasteiger partial charge in [-0.25, -0.2) is 14.3 Å². The van der Waals surface area contributed by atoms with E-state index in [4.69, 9.17) is 5.21 Å². The number of allylic oxidation sites excluding steroid dienone is 1. The quantitative estimate of drug-likeness (QED) is 0.245. The van der Waals surface area contributed by atoms with Crippen LogP contribution >= 0.6 is 0 Å². The minimum absolute atomic E-state index is 0.0478. The second kappa shape index (κ2) is 12.9. The number of aryl methyl sites for hydroxylation is 2. The van der Waals surface area contributed by atoms with Crippen LogP contribution in [0.1, 0.15) is 39.2 Å². The zero-order valence-corrected chi connectivity index (χ0v) is 19.5. The van der Waals surface area contributed by atoms with Gasteiger partial charge in [0.1, 0.15) is 17.3 Å². The lowest BCUT2D eigenvalue weighted by Gasteiger charge is -2.19. The molecule has 0 saturated carbocycles. The van der Waals surface area contributed by atoms with E-state index < -0.39 is 17.5 Å². The maximum atomic E-state index is 14.1. The van der Waals surface area contributed by atoms with Gasteiger partial charge in [0.05, 0.1) is 6.61 Å². The number of aliphatic hydroxyl groups is 1. The number of carbonyl (C=O) groups is 1. The smallest absolute Gasteiger partial charge is 0.293 e. The van der Waals surface area contributed by atoms with E-state index in [0.717, 1.165) is 28.3 Å². The second-order valence-electron chi connectivity index (χ2n) is 8.28. The monoisotopic (exact) mass is 481 g/mol. The Hall–Kier alpha value is -3.46. The number of nitrogens with zero attached hydrogens (tertiary/aromatic N) is 1. The van der Waals surface area contributed by atoms with E-state index >= 15 is 0 Å². The molecule has 6 nitrogen and oxygen atoms in total. The van der Waals surface area contributed by atoms with Gasteiger partial charge in [-0.05, 0) is 66.1 Å². The van der Waals surface area contributed by atoms with Gasteiger partial charge in [-0.3, -0.25) is 15.0 Å². The molecule has 35 heavy (non-hydrogen) atoms. The number of carbonyl (C=O) groups excluding carboxylic acids is 1. The van der Waals surface area contributed by atoms with Gasteiger partial charge in [-0.2, -0.15) is 0 Å². The third-order valence-electron chi connectivity index (χ3n) is 5.73. The Balaban J connectivity index is 1.83. The van der Waals surface area contributed by atoms with Crippen molar-refractivity contribution in [3.63, 3.8) is 0 Å². The number of hydrogen-bond donors (Lipinski definition) is 4. The average Bonchev–Trinajstić information content (AvgIpc) is 2.87. The van der Waals surface area contributed by atoms with Crippen LogP contribution in [0.4, 0.5) is 8.78 Å². The Morgan fingerprint density at radius 1 is 1.14 bits per heavy atom. The molecule has 1 atom stereocenters. The van der Waals surface area contributed by atoms with Gasteiger partial charge in [0.15, 0.2) is 0 Å². The molecule has 0 aliphatic carbocycles. The van der Waals surface area contributed by atoms with E-state index in [1.807, 2.05) is 43.3 Å². The van der Waals surface area contributed by atoms with E-state index in [9.17, 15) is 18.7 Å². The van der Waals surface area contributed by atoms with E-state index in [2.05, 4.69) is 10.3 Å². The highest BCUT2D eigenvalue weighted by Crippen LogP contribution is 2.21. The van der Waals surface area contributed by atoms with E-state index in [-0.39, 0.29) is 18.3 Å². The van der Waals surface area contributed by atoms with Gasteiger partial charge in [0.2, 0.25) is 0 Å². The zero-order valence-electron chi connectivity index (χ0n) is 19.5. The molecule has 0 unspecified atom stereocenters. The normalized spacial score (nSPS) is 12.4. The molecule has 0 aliphatic heterocycles. The molecule has 8 heteroatoms. The highest BCUT2D eigenvalue weighted by molar-refractivity contribution is 5.92. The Labute approximate surface area is 203 Å². The van der Waals surface area contributed by atoms with Crippen molar-refractivity contribution in [1.82, 2.24) is 15.8 Å². The van der Waals surface area contributed by atoms with Crippen molar-refractivity contribution in [2.45, 2.75) is 32.2 Å². The van der Waals surface area contributed by atoms with Crippen LogP contribution in [0.5, 0.6) is 0 Å². The van der Waals surface area contributed by atoms with Crippen molar-refractivity contribution in [3.8, 4) is 0 Å². The van der Waals surface area contributed by atoms with Crippen molar-refractivity contribution in [3.05, 3.63) is 106 Å². The number of halogens is 2. The number of aromatic nitrogens is 1. The van der Waals surface area contributed by atoms with E-state index in [1.165, 1.54) is 12.1 Å². The molecule has 184 valence electrons. The number of hydrogen-bond acceptors (Lipinski definition) is 5. The Morgan fingerprint density at radius 2 is 1.91 bits per heavy atom. The summed E-state index contributed by atoms with van der Waals surface area (Å²) in [5.74, 6) is -1.95. The standard InChI is InChI=1S/C27H29F2N3O3/c1-18-15-31-26(27(34)32-35)14-24(18)21(9-5-8-20-10-11-22(28)13-25(20)29)16-30-23(17-33)12-19-6-3-2-4-7-19/h2-4,6-7,9-11,13-15,23,30,33,35H,5,8,12,16-17H2,1H3,(H,32,34)/b21-9-/t23-/m0/s1. The molecule has 0 fully saturated rings. The van der Waals surface area contributed by atoms with Gasteiger partial charge in [-0.15, -0.1) is 0 Å². The summed E-state index contributed by atoms with van der Waals surface area (Å²) in [5.41, 5.74) is 5.49. The SMILES string of the molecule is Cc1cnc(C(=O)NO)cc1/C(=C\CCc1ccc(F)cc1F)CN[C@H](CO)Cc1ccccc1. The first-order valence-corrected chi connectivity index (χ1v) is 11.3. The van der Waals surface area contributed by atoms with Crippen LogP contribution in [0, 0.1) is 18.6 Å². The Kier molecular flexibility index (Phi) is 9.60. The first-order valence-electron chi connectivity index (χ1n) is 11.3. The molecular weight excluding hydrogens is 452 g/mol. The van der Waals surface area contributed by atoms with Crippen molar-refractivity contribution >= 4 is 11.5 Å². The van der Waals surface area contributed by atoms with Crippen molar-refractivity contribution in [2.24, 2.45) is 0 Å². The molecule has 3 rings (SSSR count). The molecule has 3 aromatic rings. The number of aliphatic hydroxyl groups excluding tert-OH is 1. The molecule has 1 amide bonds. The maximum absolute atomic E-state index is 14.1. The maximum Gasteiger partial charge on any atom is 0.293 e. The molecule has 2 aromatic carbocycles. The number of nitrogens with one attached hydrogen (secondary N) is 2. The number of hydroxylamine groups is 1. The minimum Gasteiger partial charge on any atom is -0.395 e. The Bertz CT molecular complexity index is 1170. The van der Waals surface area contributed by atoms with Gasteiger partial charge < -0.3 is 10.4 Å². The predicted octanol–water partition coefficient (Wildman–Crippen LogP) is 4.00. The fraction of sp³-hybridized carbons (Fsp3) is 0.259. The average molecular weight is 482 g/mol. The summed E-state index contributed by atoms with van der Waals surface area (Å²) in [7, 11) is 0. The molecule has 0 bridgehead atoms. The lowest BCUT2D eigenvalue weighted by Crippen LogP contribution is -2.35. The van der Waals surface area contributed by atoms with E-state index in [0.29, 0.717) is 31.4 Å². The third kappa shape index (κ3) is 7.51. The molecule has 1 aromatic heterocycles. The number of rotatable bonds is 11. The molecule has 0 aliphatic rings. The molecule has 1 heterocycles. The van der Waals surface area contributed by atoms with Crippen LogP contribution in [0.25, 0.3) is 5.57 Å². The minimum atomic E-state index is -0.732. The summed E-state index contributed by atoms with van der Waals surface area (Å²) < 4.78 is 27.3. The zero-order chi connectivity index (χ0) is 25.2. The van der Waals surface area contributed by atoms with Crippen LogP contribution in [-0.2, 0) is 12.8 Å². The predicted molar refractivity (Wildman–Crippen MR) is 130 cm³/mol. The van der Waals surface area contributed by atoms with Crippen LogP contribution in [0.2, 0.25) is 0 Å². The van der Waals surface area contributed by atoms with Crippen molar-refractivity contribution in [2.75, 3.05) is 13.2 Å². The lowest BCUT2D eigenvalue weighted by atomic mass is 9.98. The number of amides is 1. The van der Waals surface area contributed by atoms with Crippen LogP contribution in [0.15, 0.2) is 66.9 Å². The van der Waals surface area contributed by atoms with Gasteiger partial charge in [-0.1, -0.05) is 42.5 Å². The highest BCUT2D eigenvalue weighted by atomic mass is 19.1. The highest BCUT2D eigenvalue weighted by Gasteiger charge is 2.15. The summed E-state index contributed by atoms with van der Waals surface area (Å²) in [6.45, 7) is 2.15. The van der Waals surface area contributed by atoms with Crippen molar-refractivity contribution < 1.29 is 23.9 Å². The lowest BCUT2D eigenvalue weighted by molar-refractivity contribution is 0.0700. The summed E-state index contributed by atoms with van der Waals surface area (Å²) in [6, 6.07) is 14.7. The van der Waals surface area contributed by atoms with E-state index in [1.54, 1.807) is 17.7 Å². The first-order chi connectivity index (χ1) is 16.9. The molecule has 4 N–H and O–H groups in total. The van der Waals surface area contributed by atoms with Gasteiger partial charge in [0.25, 0.3) is 5.91 Å². The second-order valence-corrected chi connectivity index (χ2v) is 8.28. The molecular formula is C27H29F2N3O3. The van der Waals surface area contributed by atoms with Crippen LogP contribution in [0.3, 0.4) is 0 Å². The molecule has 0 spiro atoms. The summed E-state index contributed by atoms with van der Waals surface area (Å²) in [4.78, 5) is 16.0. The topological polar surface area (TPSA) is 94.5 Å². The van der Waals surface area contributed by atoms with Gasteiger partial charge in [0, 0.05) is 24.8 Å². The van der Waals surface area contributed by atoms with Crippen LogP contribution < -0.4 is 10.8 Å². The Morgan fingerprint density at radius 3 is 2.60 bits per heavy atom. The third-order valence-corrected chi connectivity index (χ3v) is 5.73. The largest absolute Gasteiger partial charge is 0.395 e. The fourth-order valence-electron chi connectivity index (χ4n) is 3.81. The number of benzene rings is 2. The van der Waals surface area contributed by atoms with Gasteiger partial charge >= 0.3 is 0 Å². The first kappa shape index (κ1) is 26.2. The summed E-state index contributed by atoms with van der Waals surface area (Å²) in [5, 5.41) is 22.3. The number of pyridine rings is 1. The summed E-state index contributed by atoms with van der Waals surface area (Å²) >= 11 is 0.